The van der Waals surface area contributed by atoms with Crippen molar-refractivity contribution >= 4 is 21.6 Å². The summed E-state index contributed by atoms with van der Waals surface area (Å²) in [6.45, 7) is 6.66. The van der Waals surface area contributed by atoms with Gasteiger partial charge in [0.05, 0.1) is 12.3 Å². The highest BCUT2D eigenvalue weighted by molar-refractivity contribution is 7.89. The summed E-state index contributed by atoms with van der Waals surface area (Å²) in [5.74, 6) is -0.372. The average molecular weight is 352 g/mol. The predicted octanol–water partition coefficient (Wildman–Crippen LogP) is 2.39. The van der Waals surface area contributed by atoms with Gasteiger partial charge in [0.2, 0.25) is 10.0 Å². The number of para-hydroxylation sites is 1. The molecule has 0 aliphatic carbocycles. The topological polar surface area (TPSA) is 75.7 Å². The first-order valence-corrected chi connectivity index (χ1v) is 9.53. The van der Waals surface area contributed by atoms with Crippen LogP contribution in [0.4, 0.5) is 5.69 Å². The van der Waals surface area contributed by atoms with E-state index in [2.05, 4.69) is 11.9 Å². The number of benzene rings is 1. The normalized spacial score (nSPS) is 16.7. The van der Waals surface area contributed by atoms with Gasteiger partial charge in [-0.1, -0.05) is 18.2 Å². The van der Waals surface area contributed by atoms with Gasteiger partial charge in [-0.25, -0.2) is 8.42 Å². The maximum atomic E-state index is 12.7. The van der Waals surface area contributed by atoms with Crippen LogP contribution in [0.15, 0.2) is 41.8 Å². The molecule has 1 aromatic carbocycles. The summed E-state index contributed by atoms with van der Waals surface area (Å²) >= 11 is 0. The minimum atomic E-state index is -3.60. The molecule has 2 rings (SSSR count). The van der Waals surface area contributed by atoms with Crippen molar-refractivity contribution in [1.29, 1.82) is 0 Å². The van der Waals surface area contributed by atoms with E-state index in [1.165, 1.54) is 10.4 Å². The molecule has 0 saturated carbocycles. The quantitative estimate of drug-likeness (QED) is 0.576. The number of carbonyl (C=O) groups excluding carboxylic acids is 1. The Labute approximate surface area is 143 Å². The molecular weight excluding hydrogens is 328 g/mol. The maximum Gasteiger partial charge on any atom is 0.253 e. The second-order valence-corrected chi connectivity index (χ2v) is 7.59. The lowest BCUT2D eigenvalue weighted by Crippen LogP contribution is -2.31. The average Bonchev–Trinajstić information content (AvgIpc) is 3.10. The van der Waals surface area contributed by atoms with Crippen molar-refractivity contribution in [3.05, 3.63) is 36.9 Å². The number of rotatable bonds is 8. The third-order valence-electron chi connectivity index (χ3n) is 3.89. The summed E-state index contributed by atoms with van der Waals surface area (Å²) in [5.41, 5.74) is 0.286. The minimum absolute atomic E-state index is 0.124. The van der Waals surface area contributed by atoms with Crippen molar-refractivity contribution in [2.45, 2.75) is 37.2 Å². The Kier molecular flexibility index (Phi) is 6.53. The zero-order valence-electron chi connectivity index (χ0n) is 13.9. The first kappa shape index (κ1) is 18.6. The van der Waals surface area contributed by atoms with Crippen LogP contribution in [0.25, 0.3) is 0 Å². The van der Waals surface area contributed by atoms with Crippen molar-refractivity contribution in [3.8, 4) is 0 Å². The number of hydrogen-bond donors (Lipinski definition) is 1. The number of sulfonamides is 1. The SMILES string of the molecule is C=CCCOC(C)C(=O)Nc1ccccc1S(=O)(=O)N1CCCC1. The Morgan fingerprint density at radius 1 is 1.38 bits per heavy atom. The Morgan fingerprint density at radius 2 is 2.04 bits per heavy atom. The van der Waals surface area contributed by atoms with Crippen LogP contribution in [0.2, 0.25) is 0 Å². The standard InChI is InChI=1S/C17H24N2O4S/c1-3-4-13-23-14(2)17(20)18-15-9-5-6-10-16(15)24(21,22)19-11-7-8-12-19/h3,5-6,9-10,14H,1,4,7-8,11-13H2,2H3,(H,18,20). The molecule has 132 valence electrons. The first-order valence-electron chi connectivity index (χ1n) is 8.09. The van der Waals surface area contributed by atoms with Crippen molar-refractivity contribution in [3.63, 3.8) is 0 Å². The van der Waals surface area contributed by atoms with Gasteiger partial charge < -0.3 is 10.1 Å². The molecule has 7 heteroatoms. The molecule has 1 amide bonds. The highest BCUT2D eigenvalue weighted by atomic mass is 32.2. The van der Waals surface area contributed by atoms with Crippen LogP contribution >= 0.6 is 0 Å². The van der Waals surface area contributed by atoms with Gasteiger partial charge in [0, 0.05) is 13.1 Å². The molecule has 6 nitrogen and oxygen atoms in total. The summed E-state index contributed by atoms with van der Waals surface area (Å²) in [6.07, 6.45) is 3.41. The molecule has 1 aliphatic heterocycles. The number of ether oxygens (including phenoxy) is 1. The van der Waals surface area contributed by atoms with Crippen molar-refractivity contribution < 1.29 is 17.9 Å². The van der Waals surface area contributed by atoms with E-state index in [4.69, 9.17) is 4.74 Å². The molecule has 0 radical (unpaired) electrons. The third kappa shape index (κ3) is 4.43. The molecule has 1 atom stereocenters. The van der Waals surface area contributed by atoms with Crippen molar-refractivity contribution in [1.82, 2.24) is 4.31 Å². The fraction of sp³-hybridized carbons (Fsp3) is 0.471. The van der Waals surface area contributed by atoms with Crippen LogP contribution in [0.5, 0.6) is 0 Å². The van der Waals surface area contributed by atoms with Gasteiger partial charge in [0.1, 0.15) is 11.0 Å². The Hall–Kier alpha value is -1.70. The number of nitrogens with one attached hydrogen (secondary N) is 1. The van der Waals surface area contributed by atoms with Crippen LogP contribution in [0.3, 0.4) is 0 Å². The van der Waals surface area contributed by atoms with E-state index in [9.17, 15) is 13.2 Å². The lowest BCUT2D eigenvalue weighted by Gasteiger charge is -2.19. The molecule has 1 fully saturated rings. The zero-order chi connectivity index (χ0) is 17.6. The predicted molar refractivity (Wildman–Crippen MR) is 93.3 cm³/mol. The maximum absolute atomic E-state index is 12.7. The highest BCUT2D eigenvalue weighted by Crippen LogP contribution is 2.27. The Balaban J connectivity index is 2.14. The lowest BCUT2D eigenvalue weighted by atomic mass is 10.3. The highest BCUT2D eigenvalue weighted by Gasteiger charge is 2.29. The van der Waals surface area contributed by atoms with E-state index in [1.807, 2.05) is 0 Å². The monoisotopic (exact) mass is 352 g/mol. The molecule has 1 heterocycles. The zero-order valence-corrected chi connectivity index (χ0v) is 14.7. The molecule has 1 unspecified atom stereocenters. The molecule has 0 bridgehead atoms. The molecule has 1 aromatic rings. The van der Waals surface area contributed by atoms with E-state index in [0.29, 0.717) is 26.1 Å². The van der Waals surface area contributed by atoms with Gasteiger partial charge in [-0.05, 0) is 38.3 Å². The summed E-state index contributed by atoms with van der Waals surface area (Å²) in [7, 11) is -3.60. The third-order valence-corrected chi connectivity index (χ3v) is 5.84. The first-order chi connectivity index (χ1) is 11.5. The molecular formula is C17H24N2O4S. The number of hydrogen-bond acceptors (Lipinski definition) is 4. The van der Waals surface area contributed by atoms with Gasteiger partial charge >= 0.3 is 0 Å². The van der Waals surface area contributed by atoms with Crippen LogP contribution < -0.4 is 5.32 Å². The van der Waals surface area contributed by atoms with Crippen LogP contribution in [-0.2, 0) is 19.6 Å². The molecule has 0 aromatic heterocycles. The molecule has 0 spiro atoms. The summed E-state index contributed by atoms with van der Waals surface area (Å²) < 4.78 is 32.4. The Morgan fingerprint density at radius 3 is 2.71 bits per heavy atom. The number of anilines is 1. The van der Waals surface area contributed by atoms with E-state index in [0.717, 1.165) is 12.8 Å². The summed E-state index contributed by atoms with van der Waals surface area (Å²) in [4.78, 5) is 12.4. The van der Waals surface area contributed by atoms with Gasteiger partial charge in [0.25, 0.3) is 5.91 Å². The second-order valence-electron chi connectivity index (χ2n) is 5.69. The number of amides is 1. The van der Waals surface area contributed by atoms with Crippen molar-refractivity contribution in [2.24, 2.45) is 0 Å². The lowest BCUT2D eigenvalue weighted by molar-refractivity contribution is -0.126. The largest absolute Gasteiger partial charge is 0.368 e. The second kappa shape index (κ2) is 8.41. The fourth-order valence-electron chi connectivity index (χ4n) is 2.50. The van der Waals surface area contributed by atoms with E-state index >= 15 is 0 Å². The number of carbonyl (C=O) groups is 1. The van der Waals surface area contributed by atoms with Gasteiger partial charge in [-0.15, -0.1) is 6.58 Å². The Bertz CT molecular complexity index is 682. The summed E-state index contributed by atoms with van der Waals surface area (Å²) in [5, 5.41) is 2.67. The minimum Gasteiger partial charge on any atom is -0.368 e. The molecule has 1 aliphatic rings. The fourth-order valence-corrected chi connectivity index (χ4v) is 4.17. The molecule has 24 heavy (non-hydrogen) atoms. The van der Waals surface area contributed by atoms with Gasteiger partial charge in [0.15, 0.2) is 0 Å². The smallest absolute Gasteiger partial charge is 0.253 e. The van der Waals surface area contributed by atoms with Gasteiger partial charge in [-0.2, -0.15) is 4.31 Å². The summed E-state index contributed by atoms with van der Waals surface area (Å²) in [6, 6.07) is 6.47. The van der Waals surface area contributed by atoms with E-state index < -0.39 is 16.1 Å². The van der Waals surface area contributed by atoms with E-state index in [1.54, 1.807) is 31.2 Å². The van der Waals surface area contributed by atoms with Crippen LogP contribution in [-0.4, -0.2) is 44.4 Å². The van der Waals surface area contributed by atoms with Gasteiger partial charge in [-0.3, -0.25) is 4.79 Å². The molecule has 1 N–H and O–H groups in total. The van der Waals surface area contributed by atoms with Crippen LogP contribution in [0.1, 0.15) is 26.2 Å². The van der Waals surface area contributed by atoms with Crippen LogP contribution in [0, 0.1) is 0 Å². The molecule has 1 saturated heterocycles. The number of nitrogens with zero attached hydrogens (tertiary/aromatic N) is 1. The van der Waals surface area contributed by atoms with E-state index in [-0.39, 0.29) is 16.5 Å². The van der Waals surface area contributed by atoms with Crippen molar-refractivity contribution in [2.75, 3.05) is 25.0 Å².